The molecule has 7 nitrogen and oxygen atoms in total. The molecule has 3 heterocycles. The zero-order valence-electron chi connectivity index (χ0n) is 22.3. The first-order valence-corrected chi connectivity index (χ1v) is 12.9. The summed E-state index contributed by atoms with van der Waals surface area (Å²) >= 11 is 0. The summed E-state index contributed by atoms with van der Waals surface area (Å²) in [5.41, 5.74) is 2.34. The van der Waals surface area contributed by atoms with Crippen LogP contribution in [0, 0.1) is 18.6 Å². The van der Waals surface area contributed by atoms with E-state index in [1.54, 1.807) is 46.8 Å². The number of benzene rings is 2. The number of hydrogen-bond donors (Lipinski definition) is 1. The van der Waals surface area contributed by atoms with Crippen molar-refractivity contribution in [2.24, 2.45) is 0 Å². The Morgan fingerprint density at radius 1 is 1.02 bits per heavy atom. The van der Waals surface area contributed by atoms with E-state index in [0.717, 1.165) is 5.56 Å². The number of fused-ring (bicyclic) bond motifs is 1. The molecule has 4 aromatic rings. The van der Waals surface area contributed by atoms with E-state index in [9.17, 15) is 18.0 Å². The van der Waals surface area contributed by atoms with Crippen molar-refractivity contribution in [2.75, 3.05) is 25.1 Å². The summed E-state index contributed by atoms with van der Waals surface area (Å²) in [6.07, 6.45) is -1.95. The molecule has 216 valence electrons. The number of anilines is 1. The number of nitrogens with zero attached hydrogens (tertiary/aromatic N) is 3. The lowest BCUT2D eigenvalue weighted by molar-refractivity contribution is -0.274. The number of halogens is 5. The van der Waals surface area contributed by atoms with Gasteiger partial charge in [-0.05, 0) is 67.1 Å². The average molecular weight is 575 g/mol. The maximum Gasteiger partial charge on any atom is 0.573 e. The van der Waals surface area contributed by atoms with E-state index in [1.165, 1.54) is 31.4 Å². The van der Waals surface area contributed by atoms with Crippen LogP contribution in [-0.4, -0.2) is 42.1 Å². The lowest BCUT2D eigenvalue weighted by atomic mass is 9.89. The van der Waals surface area contributed by atoms with E-state index in [0.29, 0.717) is 48.5 Å². The topological polar surface area (TPSA) is 68.1 Å². The van der Waals surface area contributed by atoms with Crippen molar-refractivity contribution in [1.82, 2.24) is 14.9 Å². The Morgan fingerprint density at radius 3 is 2.29 bits per heavy atom. The van der Waals surface area contributed by atoms with Crippen LogP contribution >= 0.6 is 0 Å². The van der Waals surface area contributed by atoms with Gasteiger partial charge in [0.05, 0.1) is 23.9 Å². The fourth-order valence-electron chi connectivity index (χ4n) is 5.22. The van der Waals surface area contributed by atoms with Crippen molar-refractivity contribution < 1.29 is 36.2 Å². The van der Waals surface area contributed by atoms with Gasteiger partial charge in [0.15, 0.2) is 0 Å². The fraction of sp³-hybridized carbons (Fsp3) is 0.310. The van der Waals surface area contributed by atoms with Gasteiger partial charge in [-0.3, -0.25) is 4.79 Å². The molecule has 1 amide bonds. The Hall–Kier alpha value is -4.35. The van der Waals surface area contributed by atoms with Gasteiger partial charge in [-0.1, -0.05) is 12.1 Å². The van der Waals surface area contributed by atoms with Gasteiger partial charge in [-0.15, -0.1) is 13.2 Å². The van der Waals surface area contributed by atoms with Crippen LogP contribution in [0.4, 0.5) is 27.6 Å². The summed E-state index contributed by atoms with van der Waals surface area (Å²) in [7, 11) is 1.52. The third-order valence-electron chi connectivity index (χ3n) is 7.17. The number of aromatic nitrogens is 2. The zero-order chi connectivity index (χ0) is 29.3. The predicted molar refractivity (Wildman–Crippen MR) is 141 cm³/mol. The SMILES string of the molecule is COc1ccn2nc(C)c(C(=O)NCc3cc(F)c(N4CCC(c5ccc(OC(F)(F)F)cc5)CC4)c(F)c3)c2c1. The van der Waals surface area contributed by atoms with Crippen LogP contribution in [0.15, 0.2) is 54.7 Å². The first kappa shape index (κ1) is 28.2. The number of carbonyl (C=O) groups excluding carboxylic acids is 1. The summed E-state index contributed by atoms with van der Waals surface area (Å²) in [6, 6.07) is 11.5. The monoisotopic (exact) mass is 574 g/mol. The van der Waals surface area contributed by atoms with Crippen molar-refractivity contribution in [3.05, 3.63) is 88.7 Å². The molecule has 2 aromatic carbocycles. The minimum atomic E-state index is -4.76. The van der Waals surface area contributed by atoms with Gasteiger partial charge in [0.25, 0.3) is 5.91 Å². The van der Waals surface area contributed by atoms with Gasteiger partial charge < -0.3 is 19.7 Å². The molecular weight excluding hydrogens is 547 g/mol. The molecule has 1 aliphatic heterocycles. The molecule has 0 atom stereocenters. The number of carbonyl (C=O) groups is 1. The number of nitrogens with one attached hydrogen (secondary N) is 1. The average Bonchev–Trinajstić information content (AvgIpc) is 3.26. The quantitative estimate of drug-likeness (QED) is 0.269. The summed E-state index contributed by atoms with van der Waals surface area (Å²) in [4.78, 5) is 14.6. The van der Waals surface area contributed by atoms with Crippen LogP contribution in [0.5, 0.6) is 11.5 Å². The Morgan fingerprint density at radius 2 is 1.68 bits per heavy atom. The minimum absolute atomic E-state index is 0.0372. The largest absolute Gasteiger partial charge is 0.573 e. The van der Waals surface area contributed by atoms with E-state index in [-0.39, 0.29) is 29.5 Å². The zero-order valence-corrected chi connectivity index (χ0v) is 22.3. The third kappa shape index (κ3) is 6.21. The predicted octanol–water partition coefficient (Wildman–Crippen LogP) is 6.14. The second-order valence-corrected chi connectivity index (χ2v) is 9.83. The number of hydrogen-bond acceptors (Lipinski definition) is 5. The van der Waals surface area contributed by atoms with Gasteiger partial charge >= 0.3 is 6.36 Å². The molecular formula is C29H27F5N4O3. The summed E-state index contributed by atoms with van der Waals surface area (Å²) in [6.45, 7) is 2.34. The second-order valence-electron chi connectivity index (χ2n) is 9.83. The molecule has 0 aliphatic carbocycles. The highest BCUT2D eigenvalue weighted by atomic mass is 19.4. The first-order chi connectivity index (χ1) is 19.5. The maximum atomic E-state index is 15.1. The van der Waals surface area contributed by atoms with Crippen molar-refractivity contribution in [3.63, 3.8) is 0 Å². The Labute approximate surface area is 232 Å². The molecule has 0 radical (unpaired) electrons. The van der Waals surface area contributed by atoms with Crippen molar-refractivity contribution >= 4 is 17.1 Å². The number of alkyl halides is 3. The molecule has 0 saturated carbocycles. The smallest absolute Gasteiger partial charge is 0.497 e. The summed E-state index contributed by atoms with van der Waals surface area (Å²) in [5.74, 6) is -1.61. The van der Waals surface area contributed by atoms with Crippen LogP contribution in [0.3, 0.4) is 0 Å². The number of pyridine rings is 1. The Kier molecular flexibility index (Phi) is 7.74. The first-order valence-electron chi connectivity index (χ1n) is 12.9. The minimum Gasteiger partial charge on any atom is -0.497 e. The number of piperidine rings is 1. The van der Waals surface area contributed by atoms with Crippen molar-refractivity contribution in [2.45, 2.75) is 38.6 Å². The third-order valence-corrected chi connectivity index (χ3v) is 7.17. The van der Waals surface area contributed by atoms with Crippen molar-refractivity contribution in [3.8, 4) is 11.5 Å². The van der Waals surface area contributed by atoms with Crippen molar-refractivity contribution in [1.29, 1.82) is 0 Å². The molecule has 0 bridgehead atoms. The van der Waals surface area contributed by atoms with E-state index < -0.39 is 23.9 Å². The number of ether oxygens (including phenoxy) is 2. The van der Waals surface area contributed by atoms with E-state index in [2.05, 4.69) is 15.2 Å². The second kappa shape index (κ2) is 11.3. The van der Waals surface area contributed by atoms with E-state index in [4.69, 9.17) is 4.74 Å². The summed E-state index contributed by atoms with van der Waals surface area (Å²) in [5, 5.41) is 7.04. The normalized spacial score (nSPS) is 14.4. The van der Waals surface area contributed by atoms with Crippen LogP contribution < -0.4 is 19.7 Å². The Balaban J connectivity index is 1.22. The Bertz CT molecular complexity index is 1540. The lowest BCUT2D eigenvalue weighted by Crippen LogP contribution is -2.34. The number of amides is 1. The maximum absolute atomic E-state index is 15.1. The highest BCUT2D eigenvalue weighted by Crippen LogP contribution is 2.34. The molecule has 0 spiro atoms. The van der Waals surface area contributed by atoms with E-state index in [1.807, 2.05) is 0 Å². The van der Waals surface area contributed by atoms with Gasteiger partial charge in [0.2, 0.25) is 0 Å². The molecule has 0 unspecified atom stereocenters. The lowest BCUT2D eigenvalue weighted by Gasteiger charge is -2.34. The molecule has 2 aromatic heterocycles. The summed E-state index contributed by atoms with van der Waals surface area (Å²) < 4.78 is 78.1. The van der Waals surface area contributed by atoms with Gasteiger partial charge in [0.1, 0.15) is 28.8 Å². The molecule has 1 saturated heterocycles. The molecule has 12 heteroatoms. The number of aryl methyl sites for hydroxylation is 1. The van der Waals surface area contributed by atoms with Crippen LogP contribution in [0.25, 0.3) is 5.52 Å². The van der Waals surface area contributed by atoms with Gasteiger partial charge in [-0.2, -0.15) is 5.10 Å². The van der Waals surface area contributed by atoms with Crippen LogP contribution in [0.1, 0.15) is 45.9 Å². The van der Waals surface area contributed by atoms with Crippen LogP contribution in [0.2, 0.25) is 0 Å². The van der Waals surface area contributed by atoms with Gasteiger partial charge in [0, 0.05) is 31.9 Å². The molecule has 1 aliphatic rings. The molecule has 1 N–H and O–H groups in total. The number of rotatable bonds is 7. The molecule has 5 rings (SSSR count). The highest BCUT2D eigenvalue weighted by Gasteiger charge is 2.31. The fourth-order valence-corrected chi connectivity index (χ4v) is 5.22. The molecule has 41 heavy (non-hydrogen) atoms. The number of methoxy groups -OCH3 is 1. The van der Waals surface area contributed by atoms with E-state index >= 15 is 8.78 Å². The molecule has 1 fully saturated rings. The highest BCUT2D eigenvalue weighted by molar-refractivity contribution is 6.02. The van der Waals surface area contributed by atoms with Crippen LogP contribution in [-0.2, 0) is 6.54 Å². The van der Waals surface area contributed by atoms with Gasteiger partial charge in [-0.25, -0.2) is 13.3 Å². The standard InChI is InChI=1S/C29H27F5N4O3/c1-17-26(25-15-22(40-2)9-12-38(25)36-17)28(39)35-16-18-13-23(30)27(24(31)14-18)37-10-7-20(8-11-37)19-3-5-21(6-4-19)41-29(32,33)34/h3-6,9,12-15,20H,7-8,10-11,16H2,1-2H3,(H,35,39).